The van der Waals surface area contributed by atoms with Gasteiger partial charge in [-0.2, -0.15) is 0 Å². The first kappa shape index (κ1) is 26.9. The van der Waals surface area contributed by atoms with Gasteiger partial charge in [-0.15, -0.1) is 0 Å². The molecule has 0 bridgehead atoms. The lowest BCUT2D eigenvalue weighted by Gasteiger charge is -2.34. The lowest BCUT2D eigenvalue weighted by Crippen LogP contribution is -2.48. The van der Waals surface area contributed by atoms with Crippen LogP contribution in [0.25, 0.3) is 10.2 Å². The summed E-state index contributed by atoms with van der Waals surface area (Å²) in [5.74, 6) is -0.335. The molecule has 2 heterocycles. The first-order chi connectivity index (χ1) is 18.3. The number of benzene rings is 3. The van der Waals surface area contributed by atoms with E-state index in [1.54, 1.807) is 35.6 Å². The summed E-state index contributed by atoms with van der Waals surface area (Å²) >= 11 is 11.1. The minimum absolute atomic E-state index is 0.0648. The van der Waals surface area contributed by atoms with E-state index in [1.807, 2.05) is 12.1 Å². The van der Waals surface area contributed by atoms with E-state index in [0.717, 1.165) is 46.0 Å². The van der Waals surface area contributed by atoms with Crippen molar-refractivity contribution in [2.75, 3.05) is 48.9 Å². The van der Waals surface area contributed by atoms with Gasteiger partial charge in [-0.05, 0) is 54.6 Å². The second-order valence-electron chi connectivity index (χ2n) is 8.80. The Kier molecular flexibility index (Phi) is 8.20. The van der Waals surface area contributed by atoms with Crippen molar-refractivity contribution in [3.63, 3.8) is 0 Å². The minimum Gasteiger partial charge on any atom is -0.351 e. The number of hydrogen-bond donors (Lipinski definition) is 2. The van der Waals surface area contributed by atoms with Crippen LogP contribution in [-0.4, -0.2) is 63.5 Å². The molecule has 4 aromatic rings. The maximum absolute atomic E-state index is 12.9. The van der Waals surface area contributed by atoms with Gasteiger partial charge in [0.15, 0.2) is 5.13 Å². The largest absolute Gasteiger partial charge is 0.351 e. The van der Waals surface area contributed by atoms with Crippen molar-refractivity contribution in [2.45, 2.75) is 4.90 Å². The standard InChI is InChI=1S/C26H25BrClN5O3S2/c27-18-5-10-23-24(17-18)37-26(30-23)33-15-13-32(14-16-33)12-11-29-25(34)21-3-1-2-4-22(21)31-38(35,36)20-8-6-19(28)7-9-20/h1-10,17,31H,11-16H2,(H,29,34). The number of amides is 1. The number of rotatable bonds is 8. The van der Waals surface area contributed by atoms with Crippen LogP contribution in [-0.2, 0) is 10.0 Å². The lowest BCUT2D eigenvalue weighted by molar-refractivity contribution is 0.0948. The molecule has 1 saturated heterocycles. The van der Waals surface area contributed by atoms with E-state index in [4.69, 9.17) is 16.6 Å². The minimum atomic E-state index is -3.87. The third-order valence-corrected chi connectivity index (χ3v) is 9.44. The van der Waals surface area contributed by atoms with Crippen molar-refractivity contribution in [3.8, 4) is 0 Å². The summed E-state index contributed by atoms with van der Waals surface area (Å²) < 4.78 is 30.3. The maximum Gasteiger partial charge on any atom is 0.261 e. The molecule has 8 nitrogen and oxygen atoms in total. The average molecular weight is 635 g/mol. The van der Waals surface area contributed by atoms with Crippen LogP contribution < -0.4 is 14.9 Å². The van der Waals surface area contributed by atoms with E-state index in [0.29, 0.717) is 18.1 Å². The Bertz CT molecular complexity index is 1550. The van der Waals surface area contributed by atoms with Crippen LogP contribution >= 0.6 is 38.9 Å². The summed E-state index contributed by atoms with van der Waals surface area (Å²) in [4.78, 5) is 22.4. The fourth-order valence-electron chi connectivity index (χ4n) is 4.19. The smallest absolute Gasteiger partial charge is 0.261 e. The number of halogens is 2. The highest BCUT2D eigenvalue weighted by Gasteiger charge is 2.21. The Morgan fingerprint density at radius 1 is 1.03 bits per heavy atom. The van der Waals surface area contributed by atoms with Gasteiger partial charge >= 0.3 is 0 Å². The second-order valence-corrected chi connectivity index (χ2v) is 12.8. The molecule has 1 aliphatic rings. The number of para-hydroxylation sites is 1. The van der Waals surface area contributed by atoms with Gasteiger partial charge in [-0.1, -0.05) is 51.0 Å². The molecule has 1 aliphatic heterocycles. The summed E-state index contributed by atoms with van der Waals surface area (Å²) in [7, 11) is -3.87. The fraction of sp³-hybridized carbons (Fsp3) is 0.231. The van der Waals surface area contributed by atoms with Crippen LogP contribution in [0.4, 0.5) is 10.8 Å². The third-order valence-electron chi connectivity index (χ3n) is 6.24. The number of carbonyl (C=O) groups excluding carboxylic acids is 1. The molecule has 38 heavy (non-hydrogen) atoms. The van der Waals surface area contributed by atoms with Gasteiger partial charge < -0.3 is 10.2 Å². The number of piperazine rings is 1. The number of sulfonamides is 1. The van der Waals surface area contributed by atoms with Crippen molar-refractivity contribution in [2.24, 2.45) is 0 Å². The number of fused-ring (bicyclic) bond motifs is 1. The van der Waals surface area contributed by atoms with Gasteiger partial charge in [0, 0.05) is 48.8 Å². The zero-order valence-electron chi connectivity index (χ0n) is 20.2. The third kappa shape index (κ3) is 6.29. The van der Waals surface area contributed by atoms with Crippen LogP contribution in [0.2, 0.25) is 5.02 Å². The molecule has 0 unspecified atom stereocenters. The van der Waals surface area contributed by atoms with Crippen molar-refractivity contribution in [1.82, 2.24) is 15.2 Å². The zero-order chi connectivity index (χ0) is 26.7. The molecule has 1 amide bonds. The molecule has 0 spiro atoms. The summed E-state index contributed by atoms with van der Waals surface area (Å²) in [6, 6.07) is 18.5. The molecule has 1 fully saturated rings. The number of thiazole rings is 1. The molecule has 12 heteroatoms. The van der Waals surface area contributed by atoms with Gasteiger partial charge in [-0.3, -0.25) is 14.4 Å². The predicted octanol–water partition coefficient (Wildman–Crippen LogP) is 5.07. The molecular formula is C26H25BrClN5O3S2. The highest BCUT2D eigenvalue weighted by molar-refractivity contribution is 9.10. The average Bonchev–Trinajstić information content (AvgIpc) is 3.32. The highest BCUT2D eigenvalue weighted by atomic mass is 79.9. The Hall–Kier alpha value is -2.70. The Morgan fingerprint density at radius 2 is 1.76 bits per heavy atom. The molecule has 0 radical (unpaired) electrons. The number of nitrogens with one attached hydrogen (secondary N) is 2. The summed E-state index contributed by atoms with van der Waals surface area (Å²) in [5, 5.41) is 4.40. The van der Waals surface area contributed by atoms with E-state index in [1.165, 1.54) is 24.3 Å². The molecule has 198 valence electrons. The number of aromatic nitrogens is 1. The zero-order valence-corrected chi connectivity index (χ0v) is 24.2. The second kappa shape index (κ2) is 11.6. The predicted molar refractivity (Wildman–Crippen MR) is 157 cm³/mol. The van der Waals surface area contributed by atoms with Crippen molar-refractivity contribution < 1.29 is 13.2 Å². The van der Waals surface area contributed by atoms with Gasteiger partial charge in [-0.25, -0.2) is 13.4 Å². The van der Waals surface area contributed by atoms with Gasteiger partial charge in [0.2, 0.25) is 0 Å². The molecule has 5 rings (SSSR count). The molecule has 2 N–H and O–H groups in total. The molecule has 0 aliphatic carbocycles. The van der Waals surface area contributed by atoms with Crippen LogP contribution in [0.1, 0.15) is 10.4 Å². The van der Waals surface area contributed by atoms with E-state index >= 15 is 0 Å². The molecule has 0 saturated carbocycles. The Labute approximate surface area is 238 Å². The lowest BCUT2D eigenvalue weighted by atomic mass is 10.1. The van der Waals surface area contributed by atoms with E-state index < -0.39 is 10.0 Å². The maximum atomic E-state index is 12.9. The number of hydrogen-bond acceptors (Lipinski definition) is 7. The Morgan fingerprint density at radius 3 is 2.53 bits per heavy atom. The molecular weight excluding hydrogens is 610 g/mol. The van der Waals surface area contributed by atoms with E-state index in [-0.39, 0.29) is 22.1 Å². The van der Waals surface area contributed by atoms with Crippen molar-refractivity contribution >= 4 is 75.8 Å². The van der Waals surface area contributed by atoms with Gasteiger partial charge in [0.05, 0.1) is 26.4 Å². The normalized spacial score (nSPS) is 14.5. The first-order valence-electron chi connectivity index (χ1n) is 12.0. The van der Waals surface area contributed by atoms with Crippen molar-refractivity contribution in [1.29, 1.82) is 0 Å². The van der Waals surface area contributed by atoms with E-state index in [9.17, 15) is 13.2 Å². The molecule has 1 aromatic heterocycles. The monoisotopic (exact) mass is 633 g/mol. The van der Waals surface area contributed by atoms with Crippen LogP contribution in [0, 0.1) is 0 Å². The molecule has 0 atom stereocenters. The topological polar surface area (TPSA) is 94.6 Å². The molecule has 3 aromatic carbocycles. The quantitative estimate of drug-likeness (QED) is 0.281. The van der Waals surface area contributed by atoms with Crippen LogP contribution in [0.15, 0.2) is 76.1 Å². The number of nitrogens with zero attached hydrogens (tertiary/aromatic N) is 3. The summed E-state index contributed by atoms with van der Waals surface area (Å²) in [6.07, 6.45) is 0. The van der Waals surface area contributed by atoms with Crippen LogP contribution in [0.5, 0.6) is 0 Å². The number of anilines is 2. The highest BCUT2D eigenvalue weighted by Crippen LogP contribution is 2.31. The van der Waals surface area contributed by atoms with Crippen LogP contribution in [0.3, 0.4) is 0 Å². The number of carbonyl (C=O) groups is 1. The summed E-state index contributed by atoms with van der Waals surface area (Å²) in [5.41, 5.74) is 1.49. The first-order valence-corrected chi connectivity index (χ1v) is 15.4. The SMILES string of the molecule is O=C(NCCN1CCN(c2nc3ccc(Br)cc3s2)CC1)c1ccccc1NS(=O)(=O)c1ccc(Cl)cc1. The van der Waals surface area contributed by atoms with Crippen molar-refractivity contribution in [3.05, 3.63) is 81.8 Å². The fourth-order valence-corrected chi connectivity index (χ4v) is 6.97. The van der Waals surface area contributed by atoms with Gasteiger partial charge in [0.25, 0.3) is 15.9 Å². The van der Waals surface area contributed by atoms with Gasteiger partial charge in [0.1, 0.15) is 0 Å². The Balaban J connectivity index is 1.14. The van der Waals surface area contributed by atoms with E-state index in [2.05, 4.69) is 41.8 Å². The summed E-state index contributed by atoms with van der Waals surface area (Å²) in [6.45, 7) is 4.62.